The van der Waals surface area contributed by atoms with E-state index in [1.54, 1.807) is 55.9 Å². The van der Waals surface area contributed by atoms with E-state index < -0.39 is 0 Å². The van der Waals surface area contributed by atoms with Gasteiger partial charge in [-0.1, -0.05) is 18.2 Å². The van der Waals surface area contributed by atoms with Gasteiger partial charge in [0.05, 0.1) is 19.8 Å². The normalized spacial score (nSPS) is 10.1. The zero-order chi connectivity index (χ0) is 19.1. The first-order valence-corrected chi connectivity index (χ1v) is 8.35. The predicted octanol–water partition coefficient (Wildman–Crippen LogP) is 3.93. The van der Waals surface area contributed by atoms with Gasteiger partial charge in [0.1, 0.15) is 12.4 Å². The lowest BCUT2D eigenvalue weighted by Crippen LogP contribution is -2.13. The lowest BCUT2D eigenvalue weighted by Gasteiger charge is -2.13. The number of hydrogen-bond acceptors (Lipinski definition) is 5. The molecule has 138 valence electrons. The predicted molar refractivity (Wildman–Crippen MR) is 103 cm³/mol. The van der Waals surface area contributed by atoms with E-state index in [-0.39, 0.29) is 5.91 Å². The lowest BCUT2D eigenvalue weighted by molar-refractivity contribution is 0.102. The number of anilines is 1. The molecule has 0 aliphatic carbocycles. The highest BCUT2D eigenvalue weighted by atomic mass is 16.5. The van der Waals surface area contributed by atoms with E-state index in [0.717, 1.165) is 5.56 Å². The summed E-state index contributed by atoms with van der Waals surface area (Å²) >= 11 is 0. The maximum atomic E-state index is 12.6. The first-order chi connectivity index (χ1) is 13.2. The van der Waals surface area contributed by atoms with Crippen LogP contribution in [0.2, 0.25) is 0 Å². The summed E-state index contributed by atoms with van der Waals surface area (Å²) in [5.41, 5.74) is 1.98. The van der Waals surface area contributed by atoms with Crippen molar-refractivity contribution in [3.8, 4) is 17.2 Å². The molecule has 3 rings (SSSR count). The van der Waals surface area contributed by atoms with Crippen LogP contribution in [0.4, 0.5) is 5.69 Å². The van der Waals surface area contributed by atoms with Gasteiger partial charge in [0.25, 0.3) is 5.91 Å². The summed E-state index contributed by atoms with van der Waals surface area (Å²) in [6.07, 6.45) is 3.44. The molecule has 0 aliphatic rings. The largest absolute Gasteiger partial charge is 0.496 e. The molecule has 0 atom stereocenters. The molecule has 2 aromatic carbocycles. The van der Waals surface area contributed by atoms with Crippen LogP contribution < -0.4 is 19.5 Å². The van der Waals surface area contributed by atoms with Crippen molar-refractivity contribution >= 4 is 11.6 Å². The molecular weight excluding hydrogens is 344 g/mol. The van der Waals surface area contributed by atoms with Crippen LogP contribution >= 0.6 is 0 Å². The van der Waals surface area contributed by atoms with Gasteiger partial charge in [0.2, 0.25) is 0 Å². The number of hydrogen-bond donors (Lipinski definition) is 1. The topological polar surface area (TPSA) is 69.7 Å². The van der Waals surface area contributed by atoms with Crippen molar-refractivity contribution in [2.45, 2.75) is 6.61 Å². The Balaban J connectivity index is 1.77. The van der Waals surface area contributed by atoms with Gasteiger partial charge < -0.3 is 19.5 Å². The number of aromatic nitrogens is 1. The molecule has 0 bridgehead atoms. The number of carbonyl (C=O) groups excluding carboxylic acids is 1. The summed E-state index contributed by atoms with van der Waals surface area (Å²) in [5.74, 6) is 1.35. The Kier molecular flexibility index (Phi) is 5.89. The maximum Gasteiger partial charge on any atom is 0.259 e. The number of carbonyl (C=O) groups is 1. The molecule has 0 fully saturated rings. The van der Waals surface area contributed by atoms with Crippen LogP contribution in [0.3, 0.4) is 0 Å². The van der Waals surface area contributed by atoms with Crippen LogP contribution in [0.15, 0.2) is 67.0 Å². The van der Waals surface area contributed by atoms with Crippen LogP contribution in [-0.2, 0) is 6.61 Å². The Labute approximate surface area is 157 Å². The monoisotopic (exact) mass is 364 g/mol. The van der Waals surface area contributed by atoms with Crippen molar-refractivity contribution in [3.63, 3.8) is 0 Å². The van der Waals surface area contributed by atoms with Crippen LogP contribution in [0.25, 0.3) is 0 Å². The van der Waals surface area contributed by atoms with Gasteiger partial charge in [-0.2, -0.15) is 0 Å². The van der Waals surface area contributed by atoms with E-state index in [0.29, 0.717) is 35.1 Å². The van der Waals surface area contributed by atoms with Crippen LogP contribution in [0.1, 0.15) is 15.9 Å². The minimum absolute atomic E-state index is 0.268. The number of amides is 1. The third-order valence-electron chi connectivity index (χ3n) is 3.89. The molecule has 0 saturated carbocycles. The van der Waals surface area contributed by atoms with Gasteiger partial charge in [-0.25, -0.2) is 0 Å². The van der Waals surface area contributed by atoms with Gasteiger partial charge in [0, 0.05) is 29.7 Å². The highest BCUT2D eigenvalue weighted by Crippen LogP contribution is 2.31. The number of pyridine rings is 1. The molecule has 0 spiro atoms. The van der Waals surface area contributed by atoms with Crippen molar-refractivity contribution in [2.24, 2.45) is 0 Å². The average Bonchev–Trinajstić information content (AvgIpc) is 2.73. The second-order valence-electron chi connectivity index (χ2n) is 5.67. The Hall–Kier alpha value is -3.54. The minimum atomic E-state index is -0.268. The van der Waals surface area contributed by atoms with Crippen molar-refractivity contribution in [2.75, 3.05) is 19.5 Å². The molecule has 27 heavy (non-hydrogen) atoms. The molecule has 6 nitrogen and oxygen atoms in total. The fourth-order valence-electron chi connectivity index (χ4n) is 2.54. The van der Waals surface area contributed by atoms with Crippen LogP contribution in [0, 0.1) is 0 Å². The zero-order valence-corrected chi connectivity index (χ0v) is 15.1. The van der Waals surface area contributed by atoms with Gasteiger partial charge >= 0.3 is 0 Å². The fourth-order valence-corrected chi connectivity index (χ4v) is 2.54. The molecule has 1 N–H and O–H groups in total. The first-order valence-electron chi connectivity index (χ1n) is 8.35. The Morgan fingerprint density at radius 2 is 1.78 bits per heavy atom. The van der Waals surface area contributed by atoms with E-state index in [2.05, 4.69) is 10.3 Å². The van der Waals surface area contributed by atoms with Gasteiger partial charge in [-0.15, -0.1) is 0 Å². The first kappa shape index (κ1) is 18.3. The number of nitrogens with one attached hydrogen (secondary N) is 1. The Morgan fingerprint density at radius 1 is 0.963 bits per heavy atom. The standard InChI is InChI=1S/C21H20N2O4/c1-25-18-8-4-3-7-17(18)21(24)23-16-9-10-19(26-2)20(12-16)27-14-15-6-5-11-22-13-15/h3-13H,14H2,1-2H3,(H,23,24). The third kappa shape index (κ3) is 4.55. The van der Waals surface area contributed by atoms with Crippen LogP contribution in [0.5, 0.6) is 17.2 Å². The molecule has 0 aliphatic heterocycles. The summed E-state index contributed by atoms with van der Waals surface area (Å²) in [5, 5.41) is 2.86. The zero-order valence-electron chi connectivity index (χ0n) is 15.1. The van der Waals surface area contributed by atoms with Crippen molar-refractivity contribution in [1.29, 1.82) is 0 Å². The van der Waals surface area contributed by atoms with E-state index in [1.165, 1.54) is 7.11 Å². The summed E-state index contributed by atoms with van der Waals surface area (Å²) < 4.78 is 16.4. The fraction of sp³-hybridized carbons (Fsp3) is 0.143. The summed E-state index contributed by atoms with van der Waals surface area (Å²) in [4.78, 5) is 16.6. The summed E-state index contributed by atoms with van der Waals surface area (Å²) in [7, 11) is 3.10. The quantitative estimate of drug-likeness (QED) is 0.688. The molecule has 1 heterocycles. The lowest BCUT2D eigenvalue weighted by atomic mass is 10.2. The molecule has 6 heteroatoms. The molecular formula is C21H20N2O4. The van der Waals surface area contributed by atoms with E-state index in [1.807, 2.05) is 18.2 Å². The van der Waals surface area contributed by atoms with Crippen molar-refractivity contribution in [3.05, 3.63) is 78.1 Å². The van der Waals surface area contributed by atoms with Gasteiger partial charge in [-0.3, -0.25) is 9.78 Å². The van der Waals surface area contributed by atoms with Gasteiger partial charge in [0.15, 0.2) is 11.5 Å². The number of nitrogens with zero attached hydrogens (tertiary/aromatic N) is 1. The van der Waals surface area contributed by atoms with Crippen molar-refractivity contribution < 1.29 is 19.0 Å². The summed E-state index contributed by atoms with van der Waals surface area (Å²) in [6.45, 7) is 0.341. The Bertz CT molecular complexity index is 913. The number of benzene rings is 2. The molecule has 0 radical (unpaired) electrons. The van der Waals surface area contributed by atoms with Gasteiger partial charge in [-0.05, 0) is 30.3 Å². The third-order valence-corrected chi connectivity index (χ3v) is 3.89. The van der Waals surface area contributed by atoms with E-state index in [4.69, 9.17) is 14.2 Å². The number of ether oxygens (including phenoxy) is 3. The molecule has 0 saturated heterocycles. The number of rotatable bonds is 7. The molecule has 1 aromatic heterocycles. The number of para-hydroxylation sites is 1. The SMILES string of the molecule is COc1ccc(NC(=O)c2ccccc2OC)cc1OCc1cccnc1. The van der Waals surface area contributed by atoms with Crippen molar-refractivity contribution in [1.82, 2.24) is 4.98 Å². The molecule has 3 aromatic rings. The summed E-state index contributed by atoms with van der Waals surface area (Å²) in [6, 6.07) is 16.0. The maximum absolute atomic E-state index is 12.6. The average molecular weight is 364 g/mol. The van der Waals surface area contributed by atoms with Crippen LogP contribution in [-0.4, -0.2) is 25.1 Å². The molecule has 0 unspecified atom stereocenters. The smallest absolute Gasteiger partial charge is 0.259 e. The Morgan fingerprint density at radius 3 is 2.52 bits per heavy atom. The van der Waals surface area contributed by atoms with E-state index in [9.17, 15) is 4.79 Å². The minimum Gasteiger partial charge on any atom is -0.496 e. The second kappa shape index (κ2) is 8.71. The molecule has 1 amide bonds. The number of methoxy groups -OCH3 is 2. The highest BCUT2D eigenvalue weighted by Gasteiger charge is 2.13. The highest BCUT2D eigenvalue weighted by molar-refractivity contribution is 6.06. The second-order valence-corrected chi connectivity index (χ2v) is 5.67. The van der Waals surface area contributed by atoms with E-state index >= 15 is 0 Å².